The van der Waals surface area contributed by atoms with Crippen LogP contribution in [0, 0.1) is 5.82 Å². The van der Waals surface area contributed by atoms with E-state index in [0.717, 1.165) is 5.56 Å². The smallest absolute Gasteiger partial charge is 0.411 e. The molecule has 0 aromatic heterocycles. The molecule has 0 saturated carbocycles. The molecule has 5 nitrogen and oxygen atoms in total. The SMILES string of the molecule is CCOC(=O)Nc1cccc(C(=O)N(CC)Cc2cccc(F)c2)c1. The summed E-state index contributed by atoms with van der Waals surface area (Å²) < 4.78 is 18.2. The Balaban J connectivity index is 2.13. The van der Waals surface area contributed by atoms with Gasteiger partial charge in [0, 0.05) is 24.3 Å². The highest BCUT2D eigenvalue weighted by Crippen LogP contribution is 2.15. The lowest BCUT2D eigenvalue weighted by Crippen LogP contribution is -2.30. The maximum absolute atomic E-state index is 13.3. The van der Waals surface area contributed by atoms with Crippen LogP contribution in [0.5, 0.6) is 0 Å². The molecule has 0 aliphatic rings. The monoisotopic (exact) mass is 344 g/mol. The summed E-state index contributed by atoms with van der Waals surface area (Å²) in [6.45, 7) is 4.62. The van der Waals surface area contributed by atoms with Crippen molar-refractivity contribution in [2.24, 2.45) is 0 Å². The zero-order valence-corrected chi connectivity index (χ0v) is 14.3. The van der Waals surface area contributed by atoms with Crippen LogP contribution in [0.15, 0.2) is 48.5 Å². The summed E-state index contributed by atoms with van der Waals surface area (Å²) in [6, 6.07) is 12.8. The van der Waals surface area contributed by atoms with Gasteiger partial charge in [-0.25, -0.2) is 9.18 Å². The van der Waals surface area contributed by atoms with Crippen LogP contribution in [-0.2, 0) is 11.3 Å². The Hall–Kier alpha value is -2.89. The van der Waals surface area contributed by atoms with Crippen molar-refractivity contribution >= 4 is 17.7 Å². The molecular weight excluding hydrogens is 323 g/mol. The molecule has 0 heterocycles. The molecule has 0 fully saturated rings. The Morgan fingerprint density at radius 3 is 2.56 bits per heavy atom. The second-order valence-corrected chi connectivity index (χ2v) is 5.38. The van der Waals surface area contributed by atoms with Crippen LogP contribution in [0.1, 0.15) is 29.8 Å². The number of carbonyl (C=O) groups excluding carboxylic acids is 2. The predicted octanol–water partition coefficient (Wildman–Crippen LogP) is 4.06. The van der Waals surface area contributed by atoms with Gasteiger partial charge in [-0.3, -0.25) is 10.1 Å². The molecule has 2 amide bonds. The number of benzene rings is 2. The Bertz CT molecular complexity index is 749. The van der Waals surface area contributed by atoms with Crippen LogP contribution < -0.4 is 5.32 Å². The number of hydrogen-bond donors (Lipinski definition) is 1. The minimum Gasteiger partial charge on any atom is -0.450 e. The maximum atomic E-state index is 13.3. The largest absolute Gasteiger partial charge is 0.450 e. The van der Waals surface area contributed by atoms with E-state index in [0.29, 0.717) is 24.3 Å². The number of nitrogens with zero attached hydrogens (tertiary/aromatic N) is 1. The minimum atomic E-state index is -0.570. The van der Waals surface area contributed by atoms with Crippen LogP contribution in [0.4, 0.5) is 14.9 Å². The Morgan fingerprint density at radius 1 is 1.12 bits per heavy atom. The summed E-state index contributed by atoms with van der Waals surface area (Å²) in [4.78, 5) is 25.8. The second kappa shape index (κ2) is 8.82. The standard InChI is InChI=1S/C19H21FN2O3/c1-3-22(13-14-7-5-9-16(20)11-14)18(23)15-8-6-10-17(12-15)21-19(24)25-4-2/h5-12H,3-4,13H2,1-2H3,(H,21,24). The second-order valence-electron chi connectivity index (χ2n) is 5.38. The minimum absolute atomic E-state index is 0.195. The van der Waals surface area contributed by atoms with Gasteiger partial charge in [-0.1, -0.05) is 18.2 Å². The molecule has 0 unspecified atom stereocenters. The van der Waals surface area contributed by atoms with Gasteiger partial charge in [0.05, 0.1) is 6.61 Å². The first-order chi connectivity index (χ1) is 12.0. The molecule has 0 aliphatic carbocycles. The number of anilines is 1. The van der Waals surface area contributed by atoms with Gasteiger partial charge < -0.3 is 9.64 Å². The van der Waals surface area contributed by atoms with Crippen molar-refractivity contribution in [2.75, 3.05) is 18.5 Å². The zero-order valence-electron chi connectivity index (χ0n) is 14.3. The summed E-state index contributed by atoms with van der Waals surface area (Å²) in [5.74, 6) is -0.527. The summed E-state index contributed by atoms with van der Waals surface area (Å²) in [5, 5.41) is 2.57. The van der Waals surface area contributed by atoms with E-state index in [2.05, 4.69) is 5.32 Å². The van der Waals surface area contributed by atoms with Crippen molar-refractivity contribution in [2.45, 2.75) is 20.4 Å². The molecular formula is C19H21FN2O3. The van der Waals surface area contributed by atoms with Crippen molar-refractivity contribution in [3.63, 3.8) is 0 Å². The molecule has 132 valence electrons. The normalized spacial score (nSPS) is 10.2. The van der Waals surface area contributed by atoms with Crippen molar-refractivity contribution < 1.29 is 18.7 Å². The van der Waals surface area contributed by atoms with E-state index in [1.807, 2.05) is 6.92 Å². The van der Waals surface area contributed by atoms with Gasteiger partial charge in [-0.15, -0.1) is 0 Å². The first-order valence-electron chi connectivity index (χ1n) is 8.11. The van der Waals surface area contributed by atoms with Crippen LogP contribution in [-0.4, -0.2) is 30.1 Å². The summed E-state index contributed by atoms with van der Waals surface area (Å²) in [7, 11) is 0. The lowest BCUT2D eigenvalue weighted by atomic mass is 10.1. The first kappa shape index (κ1) is 18.4. The zero-order chi connectivity index (χ0) is 18.2. The molecule has 0 atom stereocenters. The topological polar surface area (TPSA) is 58.6 Å². The molecule has 0 bridgehead atoms. The number of rotatable bonds is 6. The van der Waals surface area contributed by atoms with E-state index in [1.165, 1.54) is 12.1 Å². The van der Waals surface area contributed by atoms with E-state index < -0.39 is 6.09 Å². The van der Waals surface area contributed by atoms with Crippen molar-refractivity contribution in [1.82, 2.24) is 4.90 Å². The van der Waals surface area contributed by atoms with Gasteiger partial charge in [0.15, 0.2) is 0 Å². The fraction of sp³-hybridized carbons (Fsp3) is 0.263. The fourth-order valence-electron chi connectivity index (χ4n) is 2.38. The predicted molar refractivity (Wildman–Crippen MR) is 93.9 cm³/mol. The average Bonchev–Trinajstić information content (AvgIpc) is 2.59. The highest BCUT2D eigenvalue weighted by atomic mass is 19.1. The van der Waals surface area contributed by atoms with Crippen LogP contribution in [0.25, 0.3) is 0 Å². The van der Waals surface area contributed by atoms with E-state index in [9.17, 15) is 14.0 Å². The van der Waals surface area contributed by atoms with E-state index >= 15 is 0 Å². The summed E-state index contributed by atoms with van der Waals surface area (Å²) >= 11 is 0. The maximum Gasteiger partial charge on any atom is 0.411 e. The lowest BCUT2D eigenvalue weighted by Gasteiger charge is -2.21. The lowest BCUT2D eigenvalue weighted by molar-refractivity contribution is 0.0752. The highest BCUT2D eigenvalue weighted by molar-refractivity contribution is 5.96. The highest BCUT2D eigenvalue weighted by Gasteiger charge is 2.15. The third-order valence-electron chi connectivity index (χ3n) is 3.56. The molecule has 1 N–H and O–H groups in total. The average molecular weight is 344 g/mol. The Morgan fingerprint density at radius 2 is 1.88 bits per heavy atom. The molecule has 0 radical (unpaired) electrons. The van der Waals surface area contributed by atoms with Crippen LogP contribution in [0.3, 0.4) is 0 Å². The molecule has 0 aliphatic heterocycles. The first-order valence-corrected chi connectivity index (χ1v) is 8.11. The Kier molecular flexibility index (Phi) is 6.51. The van der Waals surface area contributed by atoms with Crippen molar-refractivity contribution in [3.05, 3.63) is 65.5 Å². The molecule has 6 heteroatoms. The number of amides is 2. The van der Waals surface area contributed by atoms with Gasteiger partial charge in [0.1, 0.15) is 5.82 Å². The quantitative estimate of drug-likeness (QED) is 0.860. The molecule has 0 saturated heterocycles. The number of ether oxygens (including phenoxy) is 1. The number of nitrogens with one attached hydrogen (secondary N) is 1. The van der Waals surface area contributed by atoms with Gasteiger partial charge in [0.25, 0.3) is 5.91 Å². The number of halogens is 1. The fourth-order valence-corrected chi connectivity index (χ4v) is 2.38. The number of hydrogen-bond acceptors (Lipinski definition) is 3. The van der Waals surface area contributed by atoms with Crippen LogP contribution >= 0.6 is 0 Å². The molecule has 2 aromatic rings. The Labute approximate surface area is 146 Å². The van der Waals surface area contributed by atoms with Gasteiger partial charge >= 0.3 is 6.09 Å². The van der Waals surface area contributed by atoms with E-state index in [1.54, 1.807) is 48.2 Å². The van der Waals surface area contributed by atoms with Gasteiger partial charge in [-0.2, -0.15) is 0 Å². The number of carbonyl (C=O) groups is 2. The molecule has 25 heavy (non-hydrogen) atoms. The van der Waals surface area contributed by atoms with Gasteiger partial charge in [0.2, 0.25) is 0 Å². The molecule has 2 rings (SSSR count). The van der Waals surface area contributed by atoms with E-state index in [4.69, 9.17) is 4.74 Å². The third-order valence-corrected chi connectivity index (χ3v) is 3.56. The summed E-state index contributed by atoms with van der Waals surface area (Å²) in [5.41, 5.74) is 1.63. The van der Waals surface area contributed by atoms with E-state index in [-0.39, 0.29) is 18.3 Å². The molecule has 2 aromatic carbocycles. The van der Waals surface area contributed by atoms with Crippen molar-refractivity contribution in [1.29, 1.82) is 0 Å². The van der Waals surface area contributed by atoms with Crippen molar-refractivity contribution in [3.8, 4) is 0 Å². The molecule has 0 spiro atoms. The van der Waals surface area contributed by atoms with Crippen LogP contribution in [0.2, 0.25) is 0 Å². The summed E-state index contributed by atoms with van der Waals surface area (Å²) in [6.07, 6.45) is -0.570. The van der Waals surface area contributed by atoms with Gasteiger partial charge in [-0.05, 0) is 49.7 Å². The third kappa shape index (κ3) is 5.31.